The third-order valence-electron chi connectivity index (χ3n) is 6.19. The van der Waals surface area contributed by atoms with Crippen molar-refractivity contribution in [2.24, 2.45) is 23.0 Å². The second kappa shape index (κ2) is 6.40. The fraction of sp³-hybridized carbons (Fsp3) is 0.650. The number of carbonyl (C=O) groups excluding carboxylic acids is 1. The molecule has 24 heavy (non-hydrogen) atoms. The third kappa shape index (κ3) is 3.04. The average molecular weight is 330 g/mol. The fourth-order valence-corrected chi connectivity index (χ4v) is 4.85. The Balaban J connectivity index is 1.98. The summed E-state index contributed by atoms with van der Waals surface area (Å²) in [7, 11) is 0. The molecule has 0 saturated heterocycles. The van der Waals surface area contributed by atoms with E-state index in [1.807, 2.05) is 0 Å². The van der Waals surface area contributed by atoms with E-state index in [4.69, 9.17) is 5.73 Å². The number of urea groups is 1. The summed E-state index contributed by atoms with van der Waals surface area (Å²) in [6, 6.07) is -0.520. The van der Waals surface area contributed by atoms with Gasteiger partial charge >= 0.3 is 6.03 Å². The topological polar surface area (TPSA) is 75.3 Å². The van der Waals surface area contributed by atoms with Crippen molar-refractivity contribution in [1.29, 1.82) is 0 Å². The molecule has 3 atom stereocenters. The number of hydrogen-bond acceptors (Lipinski definition) is 2. The first-order chi connectivity index (χ1) is 11.3. The second-order valence-corrected chi connectivity index (χ2v) is 8.20. The summed E-state index contributed by atoms with van der Waals surface area (Å²) in [6.45, 7) is 7.37. The van der Waals surface area contributed by atoms with E-state index in [0.717, 1.165) is 18.4 Å². The molecule has 4 N–H and O–H groups in total. The van der Waals surface area contributed by atoms with Gasteiger partial charge in [0.15, 0.2) is 0 Å². The summed E-state index contributed by atoms with van der Waals surface area (Å²) in [5.74, 6) is 0.768. The largest absolute Gasteiger partial charge is 0.392 e. The molecule has 0 aromatic heterocycles. The predicted octanol–water partition coefficient (Wildman–Crippen LogP) is 3.43. The predicted molar refractivity (Wildman–Crippen MR) is 96.3 cm³/mol. The minimum Gasteiger partial charge on any atom is -0.392 e. The molecule has 1 saturated carbocycles. The van der Waals surface area contributed by atoms with Crippen LogP contribution in [0.15, 0.2) is 34.4 Å². The molecule has 0 aliphatic heterocycles. The zero-order chi connectivity index (χ0) is 17.5. The van der Waals surface area contributed by atoms with Crippen molar-refractivity contribution in [1.82, 2.24) is 5.32 Å². The maximum Gasteiger partial charge on any atom is 0.312 e. The van der Waals surface area contributed by atoms with Gasteiger partial charge in [0, 0.05) is 12.5 Å². The number of hydrogen-bond donors (Lipinski definition) is 3. The van der Waals surface area contributed by atoms with Gasteiger partial charge in [0.1, 0.15) is 0 Å². The minimum absolute atomic E-state index is 0.210. The van der Waals surface area contributed by atoms with Gasteiger partial charge in [-0.25, -0.2) is 4.79 Å². The molecule has 1 fully saturated rings. The van der Waals surface area contributed by atoms with Crippen LogP contribution in [0.25, 0.3) is 0 Å². The Morgan fingerprint density at radius 3 is 2.83 bits per heavy atom. The first-order valence-corrected chi connectivity index (χ1v) is 9.16. The third-order valence-corrected chi connectivity index (χ3v) is 6.19. The molecule has 0 bridgehead atoms. The lowest BCUT2D eigenvalue weighted by Crippen LogP contribution is -2.34. The van der Waals surface area contributed by atoms with Gasteiger partial charge in [-0.1, -0.05) is 38.5 Å². The summed E-state index contributed by atoms with van der Waals surface area (Å²) in [4.78, 5) is 11.0. The Morgan fingerprint density at radius 2 is 2.17 bits per heavy atom. The van der Waals surface area contributed by atoms with E-state index in [1.165, 1.54) is 24.0 Å². The van der Waals surface area contributed by atoms with Crippen LogP contribution in [0.1, 0.15) is 52.9 Å². The maximum atomic E-state index is 11.0. The van der Waals surface area contributed by atoms with Gasteiger partial charge in [-0.15, -0.1) is 0 Å². The molecule has 2 amide bonds. The SMILES string of the molecule is CC(C)C1=C2C3=CC=C(CNC(N)=O)CC(O)C3CCC2(C)CC1. The lowest BCUT2D eigenvalue weighted by molar-refractivity contribution is 0.104. The maximum absolute atomic E-state index is 11.0. The van der Waals surface area contributed by atoms with Crippen LogP contribution in [0.3, 0.4) is 0 Å². The molecule has 0 aromatic carbocycles. The second-order valence-electron chi connectivity index (χ2n) is 8.20. The Morgan fingerprint density at radius 1 is 1.42 bits per heavy atom. The highest BCUT2D eigenvalue weighted by Crippen LogP contribution is 2.57. The fourth-order valence-electron chi connectivity index (χ4n) is 4.85. The smallest absolute Gasteiger partial charge is 0.312 e. The van der Waals surface area contributed by atoms with E-state index in [1.54, 1.807) is 5.57 Å². The molecule has 0 aromatic rings. The Hall–Kier alpha value is -1.55. The summed E-state index contributed by atoms with van der Waals surface area (Å²) in [5.41, 5.74) is 10.9. The molecular weight excluding hydrogens is 300 g/mol. The van der Waals surface area contributed by atoms with E-state index in [0.29, 0.717) is 18.9 Å². The summed E-state index contributed by atoms with van der Waals surface area (Å²) in [6.07, 6.45) is 9.13. The molecule has 3 unspecified atom stereocenters. The molecule has 0 heterocycles. The van der Waals surface area contributed by atoms with Crippen molar-refractivity contribution in [2.45, 2.75) is 59.0 Å². The Kier molecular flexibility index (Phi) is 4.60. The number of amides is 2. The van der Waals surface area contributed by atoms with Crippen molar-refractivity contribution in [3.63, 3.8) is 0 Å². The molecule has 4 heteroatoms. The number of rotatable bonds is 3. The monoisotopic (exact) mass is 330 g/mol. The number of fused-ring (bicyclic) bond motifs is 3. The Bertz CT molecular complexity index is 630. The lowest BCUT2D eigenvalue weighted by Gasteiger charge is -2.41. The normalized spacial score (nSPS) is 32.7. The highest BCUT2D eigenvalue weighted by molar-refractivity contribution is 5.71. The number of aliphatic hydroxyl groups is 1. The highest BCUT2D eigenvalue weighted by Gasteiger charge is 2.45. The standard InChI is InChI=1S/C20H30N2O2/c1-12(2)14-6-8-20(3)9-7-15-16(18(14)20)5-4-13(10-17(15)23)11-22-19(21)24/h4-5,12,15,17,23H,6-11H2,1-3H3,(H3,21,22,24). The number of aliphatic hydroxyl groups excluding tert-OH is 1. The molecule has 0 radical (unpaired) electrons. The number of primary amides is 1. The first kappa shape index (κ1) is 17.3. The van der Waals surface area contributed by atoms with Crippen LogP contribution in [0.2, 0.25) is 0 Å². The molecule has 3 aliphatic rings. The van der Waals surface area contributed by atoms with Crippen molar-refractivity contribution >= 4 is 6.03 Å². The van der Waals surface area contributed by atoms with Gasteiger partial charge in [0.25, 0.3) is 0 Å². The van der Waals surface area contributed by atoms with Gasteiger partial charge in [0.2, 0.25) is 0 Å². The first-order valence-electron chi connectivity index (χ1n) is 9.16. The van der Waals surface area contributed by atoms with E-state index < -0.39 is 6.03 Å². The van der Waals surface area contributed by atoms with Crippen molar-refractivity contribution < 1.29 is 9.90 Å². The van der Waals surface area contributed by atoms with E-state index in [2.05, 4.69) is 38.2 Å². The van der Waals surface area contributed by atoms with E-state index >= 15 is 0 Å². The van der Waals surface area contributed by atoms with Gasteiger partial charge in [-0.05, 0) is 60.2 Å². The van der Waals surface area contributed by atoms with E-state index in [9.17, 15) is 9.90 Å². The van der Waals surface area contributed by atoms with Crippen LogP contribution in [0.5, 0.6) is 0 Å². The summed E-state index contributed by atoms with van der Waals surface area (Å²) < 4.78 is 0. The molecule has 0 spiro atoms. The van der Waals surface area contributed by atoms with Crippen molar-refractivity contribution in [3.05, 3.63) is 34.4 Å². The van der Waals surface area contributed by atoms with Crippen molar-refractivity contribution in [2.75, 3.05) is 6.54 Å². The van der Waals surface area contributed by atoms with Crippen LogP contribution in [-0.4, -0.2) is 23.8 Å². The molecular formula is C20H30N2O2. The van der Waals surface area contributed by atoms with Crippen LogP contribution in [-0.2, 0) is 0 Å². The van der Waals surface area contributed by atoms with Crippen LogP contribution < -0.4 is 11.1 Å². The quantitative estimate of drug-likeness (QED) is 0.741. The minimum atomic E-state index is -0.520. The van der Waals surface area contributed by atoms with Crippen LogP contribution in [0.4, 0.5) is 4.79 Å². The van der Waals surface area contributed by atoms with Crippen molar-refractivity contribution in [3.8, 4) is 0 Å². The van der Waals surface area contributed by atoms with Gasteiger partial charge in [-0.3, -0.25) is 0 Å². The number of carbonyl (C=O) groups is 1. The lowest BCUT2D eigenvalue weighted by atomic mass is 9.64. The molecule has 132 valence electrons. The average Bonchev–Trinajstić information content (AvgIpc) is 2.78. The van der Waals surface area contributed by atoms with Crippen LogP contribution >= 0.6 is 0 Å². The summed E-state index contributed by atoms with van der Waals surface area (Å²) >= 11 is 0. The Labute approximate surface area is 144 Å². The number of nitrogens with one attached hydrogen (secondary N) is 1. The van der Waals surface area contributed by atoms with Gasteiger partial charge in [0.05, 0.1) is 6.10 Å². The van der Waals surface area contributed by atoms with E-state index in [-0.39, 0.29) is 17.4 Å². The highest BCUT2D eigenvalue weighted by atomic mass is 16.3. The van der Waals surface area contributed by atoms with Crippen LogP contribution in [0, 0.1) is 17.3 Å². The number of allylic oxidation sites excluding steroid dienone is 4. The summed E-state index contributed by atoms with van der Waals surface area (Å²) in [5, 5.41) is 13.4. The molecule has 4 nitrogen and oxygen atoms in total. The zero-order valence-corrected chi connectivity index (χ0v) is 15.1. The van der Waals surface area contributed by atoms with Gasteiger partial charge < -0.3 is 16.2 Å². The molecule has 3 aliphatic carbocycles. The zero-order valence-electron chi connectivity index (χ0n) is 15.1. The number of nitrogens with two attached hydrogens (primary N) is 1. The molecule has 3 rings (SSSR count). The van der Waals surface area contributed by atoms with Gasteiger partial charge in [-0.2, -0.15) is 0 Å².